The molecule has 0 amide bonds. The Morgan fingerprint density at radius 3 is 3.12 bits per heavy atom. The number of nitrogens with zero attached hydrogens (tertiary/aromatic N) is 3. The average Bonchev–Trinajstić information content (AvgIpc) is 2.77. The van der Waals surface area contributed by atoms with Crippen LogP contribution in [0.1, 0.15) is 20.3 Å². The molecule has 0 aliphatic heterocycles. The van der Waals surface area contributed by atoms with Gasteiger partial charge in [0.1, 0.15) is 11.8 Å². The summed E-state index contributed by atoms with van der Waals surface area (Å²) in [5.41, 5.74) is 2.90. The molecule has 2 rings (SSSR count). The zero-order valence-electron chi connectivity index (χ0n) is 9.49. The second-order valence-corrected chi connectivity index (χ2v) is 3.61. The van der Waals surface area contributed by atoms with E-state index in [1.807, 2.05) is 0 Å². The van der Waals surface area contributed by atoms with Crippen LogP contribution in [0.2, 0.25) is 0 Å². The molecule has 84 valence electrons. The highest BCUT2D eigenvalue weighted by Crippen LogP contribution is 2.13. The number of hydrogen-bond donors (Lipinski definition) is 2. The van der Waals surface area contributed by atoms with E-state index in [-0.39, 0.29) is 0 Å². The number of anilines is 1. The van der Waals surface area contributed by atoms with Gasteiger partial charge in [0.2, 0.25) is 0 Å². The number of aromatic nitrogens is 4. The molecule has 0 aliphatic carbocycles. The number of rotatable bonds is 4. The van der Waals surface area contributed by atoms with Crippen molar-refractivity contribution in [3.05, 3.63) is 24.3 Å². The van der Waals surface area contributed by atoms with Gasteiger partial charge in [-0.1, -0.05) is 18.6 Å². The molecule has 16 heavy (non-hydrogen) atoms. The highest BCUT2D eigenvalue weighted by molar-refractivity contribution is 5.81. The van der Waals surface area contributed by atoms with Gasteiger partial charge in [0, 0.05) is 6.54 Å². The van der Waals surface area contributed by atoms with Crippen molar-refractivity contribution in [2.75, 3.05) is 11.9 Å². The third-order valence-corrected chi connectivity index (χ3v) is 2.49. The molecular formula is C11H15N5. The monoisotopic (exact) mass is 217 g/mol. The summed E-state index contributed by atoms with van der Waals surface area (Å²) in [4.78, 5) is 15.4. The number of aromatic amines is 1. The van der Waals surface area contributed by atoms with E-state index in [4.69, 9.17) is 0 Å². The normalized spacial score (nSPS) is 12.0. The molecule has 0 saturated heterocycles. The molecule has 0 unspecified atom stereocenters. The third kappa shape index (κ3) is 2.18. The van der Waals surface area contributed by atoms with Gasteiger partial charge in [0.25, 0.3) is 0 Å². The highest BCUT2D eigenvalue weighted by atomic mass is 15.1. The zero-order valence-corrected chi connectivity index (χ0v) is 9.49. The molecule has 0 spiro atoms. The van der Waals surface area contributed by atoms with Crippen LogP contribution in [0, 0.1) is 0 Å². The lowest BCUT2D eigenvalue weighted by molar-refractivity contribution is 1.07. The van der Waals surface area contributed by atoms with Gasteiger partial charge in [-0.3, -0.25) is 0 Å². The molecule has 0 bridgehead atoms. The summed E-state index contributed by atoms with van der Waals surface area (Å²) in [6.45, 7) is 5.02. The van der Waals surface area contributed by atoms with E-state index in [1.165, 1.54) is 11.9 Å². The van der Waals surface area contributed by atoms with E-state index in [0.29, 0.717) is 0 Å². The van der Waals surface area contributed by atoms with Crippen molar-refractivity contribution in [3.63, 3.8) is 0 Å². The Hall–Kier alpha value is -1.91. The standard InChI is InChI=1S/C11H15N5/c1-3-8(2)4-5-12-10-9-11(14-6-13-9)16-7-15-10/h4,6-7H,3,5H2,1-2H3,(H2,12,13,14,15,16)/b8-4+. The molecular weight excluding hydrogens is 202 g/mol. The topological polar surface area (TPSA) is 66.5 Å². The Morgan fingerprint density at radius 1 is 1.44 bits per heavy atom. The van der Waals surface area contributed by atoms with E-state index >= 15 is 0 Å². The maximum absolute atomic E-state index is 4.17. The molecule has 2 N–H and O–H groups in total. The fraction of sp³-hybridized carbons (Fsp3) is 0.364. The number of nitrogens with one attached hydrogen (secondary N) is 2. The number of fused-ring (bicyclic) bond motifs is 1. The third-order valence-electron chi connectivity index (χ3n) is 2.49. The molecule has 0 saturated carbocycles. The first-order valence-corrected chi connectivity index (χ1v) is 5.35. The van der Waals surface area contributed by atoms with E-state index in [1.54, 1.807) is 6.33 Å². The van der Waals surface area contributed by atoms with Gasteiger partial charge in [0.05, 0.1) is 6.33 Å². The minimum atomic E-state index is 0.758. The van der Waals surface area contributed by atoms with Crippen LogP contribution in [-0.4, -0.2) is 26.5 Å². The van der Waals surface area contributed by atoms with Crippen LogP contribution in [0.25, 0.3) is 11.2 Å². The summed E-state index contributed by atoms with van der Waals surface area (Å²) in [5.74, 6) is 0.770. The summed E-state index contributed by atoms with van der Waals surface area (Å²) in [5, 5.41) is 3.23. The van der Waals surface area contributed by atoms with Gasteiger partial charge in [-0.2, -0.15) is 0 Å². The van der Waals surface area contributed by atoms with Crippen LogP contribution in [0.4, 0.5) is 5.82 Å². The maximum Gasteiger partial charge on any atom is 0.162 e. The minimum Gasteiger partial charge on any atom is -0.365 e. The molecule has 5 nitrogen and oxygen atoms in total. The van der Waals surface area contributed by atoms with Crippen molar-refractivity contribution in [1.29, 1.82) is 0 Å². The van der Waals surface area contributed by atoms with Crippen LogP contribution >= 0.6 is 0 Å². The van der Waals surface area contributed by atoms with Crippen LogP contribution in [0.5, 0.6) is 0 Å². The summed E-state index contributed by atoms with van der Waals surface area (Å²) in [7, 11) is 0. The average molecular weight is 217 g/mol. The Bertz CT molecular complexity index is 500. The zero-order chi connectivity index (χ0) is 11.4. The van der Waals surface area contributed by atoms with Crippen molar-refractivity contribution in [2.45, 2.75) is 20.3 Å². The predicted octanol–water partition coefficient (Wildman–Crippen LogP) is 2.12. The van der Waals surface area contributed by atoms with Gasteiger partial charge < -0.3 is 10.3 Å². The highest BCUT2D eigenvalue weighted by Gasteiger charge is 2.03. The first-order valence-electron chi connectivity index (χ1n) is 5.35. The molecule has 2 heterocycles. The van der Waals surface area contributed by atoms with Crippen LogP contribution in [0.3, 0.4) is 0 Å². The van der Waals surface area contributed by atoms with Crippen LogP contribution in [-0.2, 0) is 0 Å². The Kier molecular flexibility index (Phi) is 3.14. The van der Waals surface area contributed by atoms with Crippen molar-refractivity contribution >= 4 is 17.0 Å². The lowest BCUT2D eigenvalue weighted by atomic mass is 10.2. The van der Waals surface area contributed by atoms with E-state index in [9.17, 15) is 0 Å². The molecule has 2 aromatic rings. The Morgan fingerprint density at radius 2 is 2.31 bits per heavy atom. The lowest BCUT2D eigenvalue weighted by Gasteiger charge is -2.03. The van der Waals surface area contributed by atoms with Gasteiger partial charge in [0.15, 0.2) is 11.5 Å². The van der Waals surface area contributed by atoms with Gasteiger partial charge in [-0.05, 0) is 13.3 Å². The summed E-state index contributed by atoms with van der Waals surface area (Å²) in [6, 6.07) is 0. The first kappa shape index (κ1) is 10.6. The molecule has 0 aromatic carbocycles. The van der Waals surface area contributed by atoms with Crippen LogP contribution in [0.15, 0.2) is 24.3 Å². The van der Waals surface area contributed by atoms with E-state index < -0.39 is 0 Å². The second-order valence-electron chi connectivity index (χ2n) is 3.61. The Balaban J connectivity index is 2.12. The second kappa shape index (κ2) is 4.74. The fourth-order valence-corrected chi connectivity index (χ4v) is 1.36. The van der Waals surface area contributed by atoms with Gasteiger partial charge in [-0.15, -0.1) is 0 Å². The number of imidazole rings is 1. The maximum atomic E-state index is 4.17. The largest absolute Gasteiger partial charge is 0.365 e. The summed E-state index contributed by atoms with van der Waals surface area (Å²) >= 11 is 0. The molecule has 0 radical (unpaired) electrons. The van der Waals surface area contributed by atoms with E-state index in [0.717, 1.165) is 29.9 Å². The van der Waals surface area contributed by atoms with Gasteiger partial charge in [-0.25, -0.2) is 15.0 Å². The fourth-order valence-electron chi connectivity index (χ4n) is 1.36. The van der Waals surface area contributed by atoms with Gasteiger partial charge >= 0.3 is 0 Å². The van der Waals surface area contributed by atoms with Crippen molar-refractivity contribution in [1.82, 2.24) is 19.9 Å². The number of allylic oxidation sites excluding steroid dienone is 1. The van der Waals surface area contributed by atoms with Crippen molar-refractivity contribution in [3.8, 4) is 0 Å². The number of hydrogen-bond acceptors (Lipinski definition) is 4. The molecule has 0 atom stereocenters. The van der Waals surface area contributed by atoms with Crippen molar-refractivity contribution in [2.24, 2.45) is 0 Å². The van der Waals surface area contributed by atoms with Crippen LogP contribution < -0.4 is 5.32 Å². The van der Waals surface area contributed by atoms with E-state index in [2.05, 4.69) is 45.2 Å². The summed E-state index contributed by atoms with van der Waals surface area (Å²) in [6.07, 6.45) is 6.38. The predicted molar refractivity (Wildman–Crippen MR) is 64.2 cm³/mol. The van der Waals surface area contributed by atoms with Crippen molar-refractivity contribution < 1.29 is 0 Å². The molecule has 0 aliphatic rings. The first-order chi connectivity index (χ1) is 7.81. The quantitative estimate of drug-likeness (QED) is 0.770. The SMILES string of the molecule is CC/C(C)=C/CNc1ncnc2[nH]cnc12. The molecule has 0 fully saturated rings. The number of H-pyrrole nitrogens is 1. The lowest BCUT2D eigenvalue weighted by Crippen LogP contribution is -2.02. The molecule has 2 aromatic heterocycles. The summed E-state index contributed by atoms with van der Waals surface area (Å²) < 4.78 is 0. The Labute approximate surface area is 94.0 Å². The smallest absolute Gasteiger partial charge is 0.162 e. The molecule has 5 heteroatoms. The minimum absolute atomic E-state index is 0.758.